The Kier molecular flexibility index (Phi) is 2.37. The second-order valence-electron chi connectivity index (χ2n) is 1.60. The first-order valence-corrected chi connectivity index (χ1v) is 3.37. The molecule has 0 aromatic heterocycles. The molecule has 49 valence electrons. The lowest BCUT2D eigenvalue weighted by atomic mass is 10.3. The van der Waals surface area contributed by atoms with Crippen molar-refractivity contribution < 1.29 is 4.79 Å². The Bertz CT molecular complexity index is 261. The van der Waals surface area contributed by atoms with Gasteiger partial charge in [0.2, 0.25) is 6.08 Å². The average Bonchev–Trinajstić information content (AvgIpc) is 1.95. The highest BCUT2D eigenvalue weighted by atomic mass is 79.9. The Hall–Kier alpha value is -0.920. The summed E-state index contributed by atoms with van der Waals surface area (Å²) in [5.41, 5.74) is 0.498. The van der Waals surface area contributed by atoms with Crippen LogP contribution in [-0.2, 0) is 4.79 Å². The fraction of sp³-hybridized carbons (Fsp3) is 0. The Balaban J connectivity index is 3.00. The molecule has 0 N–H and O–H groups in total. The second-order valence-corrected chi connectivity index (χ2v) is 2.51. The number of nitrogens with zero attached hydrogens (tertiary/aromatic N) is 1. The lowest BCUT2D eigenvalue weighted by Gasteiger charge is -1.87. The van der Waals surface area contributed by atoms with Crippen molar-refractivity contribution in [3.05, 3.63) is 28.7 Å². The van der Waals surface area contributed by atoms with Crippen molar-refractivity contribution >= 4 is 27.7 Å². The van der Waals surface area contributed by atoms with Gasteiger partial charge in [-0.2, -0.15) is 4.99 Å². The van der Waals surface area contributed by atoms with Crippen LogP contribution >= 0.6 is 15.9 Å². The van der Waals surface area contributed by atoms with Gasteiger partial charge in [-0.25, -0.2) is 4.79 Å². The maximum absolute atomic E-state index is 9.74. The first-order chi connectivity index (χ1) is 4.83. The quantitative estimate of drug-likeness (QED) is 0.501. The zero-order chi connectivity index (χ0) is 7.40. The van der Waals surface area contributed by atoms with E-state index in [0.717, 1.165) is 4.47 Å². The maximum atomic E-state index is 9.74. The number of hydrogen-bond donors (Lipinski definition) is 0. The van der Waals surface area contributed by atoms with Gasteiger partial charge < -0.3 is 0 Å². The van der Waals surface area contributed by atoms with Crippen LogP contribution in [0.3, 0.4) is 0 Å². The average molecular weight is 197 g/mol. The molecule has 0 saturated carbocycles. The Morgan fingerprint density at radius 3 is 2.90 bits per heavy atom. The van der Waals surface area contributed by atoms with E-state index in [-0.39, 0.29) is 0 Å². The van der Waals surface area contributed by atoms with Gasteiger partial charge in [0.05, 0.1) is 5.69 Å². The van der Waals surface area contributed by atoms with E-state index in [4.69, 9.17) is 0 Å². The predicted molar refractivity (Wildman–Crippen MR) is 40.8 cm³/mol. The molecule has 0 unspecified atom stereocenters. The second kappa shape index (κ2) is 3.30. The van der Waals surface area contributed by atoms with E-state index in [9.17, 15) is 4.79 Å². The molecule has 0 aliphatic carbocycles. The largest absolute Gasteiger partial charge is 0.240 e. The van der Waals surface area contributed by atoms with E-state index in [2.05, 4.69) is 27.0 Å². The van der Waals surface area contributed by atoms with Crippen molar-refractivity contribution in [2.24, 2.45) is 4.99 Å². The smallest absolute Gasteiger partial charge is 0.211 e. The van der Waals surface area contributed by atoms with E-state index in [0.29, 0.717) is 5.69 Å². The highest BCUT2D eigenvalue weighted by Crippen LogP contribution is 2.14. The summed E-state index contributed by atoms with van der Waals surface area (Å²) >= 11 is 3.23. The standard InChI is InChI=1S/C7H3BrNO/c8-6-1-3-7(4-2-6)9-5-10/h1-3H. The normalized spacial score (nSPS) is 8.50. The van der Waals surface area contributed by atoms with Gasteiger partial charge in [0.15, 0.2) is 0 Å². The van der Waals surface area contributed by atoms with Gasteiger partial charge in [0.25, 0.3) is 0 Å². The molecule has 10 heavy (non-hydrogen) atoms. The van der Waals surface area contributed by atoms with E-state index in [1.54, 1.807) is 18.2 Å². The minimum Gasteiger partial charge on any atom is -0.211 e. The summed E-state index contributed by atoms with van der Waals surface area (Å²) in [7, 11) is 0. The van der Waals surface area contributed by atoms with E-state index in [1.807, 2.05) is 0 Å². The van der Waals surface area contributed by atoms with E-state index in [1.165, 1.54) is 6.08 Å². The molecule has 0 atom stereocenters. The van der Waals surface area contributed by atoms with Crippen LogP contribution in [0.5, 0.6) is 0 Å². The number of rotatable bonds is 1. The number of halogens is 1. The molecule has 0 amide bonds. The maximum Gasteiger partial charge on any atom is 0.240 e. The van der Waals surface area contributed by atoms with Crippen molar-refractivity contribution in [3.8, 4) is 0 Å². The molecular weight excluding hydrogens is 194 g/mol. The van der Waals surface area contributed by atoms with Crippen molar-refractivity contribution in [2.45, 2.75) is 0 Å². The molecule has 0 aliphatic heterocycles. The molecule has 0 heterocycles. The Morgan fingerprint density at radius 2 is 2.40 bits per heavy atom. The van der Waals surface area contributed by atoms with Crippen LogP contribution in [0.15, 0.2) is 27.7 Å². The number of isocyanates is 1. The zero-order valence-electron chi connectivity index (χ0n) is 4.97. The summed E-state index contributed by atoms with van der Waals surface area (Å²) in [4.78, 5) is 13.1. The summed E-state index contributed by atoms with van der Waals surface area (Å²) in [5, 5.41) is 0. The molecule has 2 nitrogen and oxygen atoms in total. The summed E-state index contributed by atoms with van der Waals surface area (Å²) < 4.78 is 0.914. The summed E-state index contributed by atoms with van der Waals surface area (Å²) in [6.45, 7) is 0. The molecule has 1 radical (unpaired) electrons. The van der Waals surface area contributed by atoms with Gasteiger partial charge in [0.1, 0.15) is 0 Å². The van der Waals surface area contributed by atoms with Crippen LogP contribution in [0, 0.1) is 6.07 Å². The van der Waals surface area contributed by atoms with Crippen molar-refractivity contribution in [2.75, 3.05) is 0 Å². The van der Waals surface area contributed by atoms with Gasteiger partial charge >= 0.3 is 0 Å². The number of hydrogen-bond acceptors (Lipinski definition) is 2. The lowest BCUT2D eigenvalue weighted by Crippen LogP contribution is -1.64. The SMILES string of the molecule is O=C=Nc1[c]cc(Br)cc1. The molecule has 1 rings (SSSR count). The van der Waals surface area contributed by atoms with Crippen molar-refractivity contribution in [3.63, 3.8) is 0 Å². The lowest BCUT2D eigenvalue weighted by molar-refractivity contribution is 0.565. The third-order valence-electron chi connectivity index (χ3n) is 0.924. The van der Waals surface area contributed by atoms with Crippen LogP contribution in [0.2, 0.25) is 0 Å². The van der Waals surface area contributed by atoms with Gasteiger partial charge in [-0.05, 0) is 18.2 Å². The third-order valence-corrected chi connectivity index (χ3v) is 1.42. The highest BCUT2D eigenvalue weighted by Gasteiger charge is 1.87. The summed E-state index contributed by atoms with van der Waals surface area (Å²) in [6, 6.07) is 7.91. The number of benzene rings is 1. The van der Waals surface area contributed by atoms with Gasteiger partial charge in [-0.3, -0.25) is 0 Å². The minimum absolute atomic E-state index is 0.498. The van der Waals surface area contributed by atoms with Crippen LogP contribution in [0.25, 0.3) is 0 Å². The Morgan fingerprint density at radius 1 is 1.60 bits per heavy atom. The van der Waals surface area contributed by atoms with Crippen LogP contribution in [0.1, 0.15) is 0 Å². The number of carbonyl (C=O) groups excluding carboxylic acids is 1. The third kappa shape index (κ3) is 1.79. The molecule has 0 bridgehead atoms. The zero-order valence-corrected chi connectivity index (χ0v) is 6.55. The first kappa shape index (κ1) is 7.19. The molecule has 1 aromatic rings. The van der Waals surface area contributed by atoms with Crippen LogP contribution in [0.4, 0.5) is 5.69 Å². The molecule has 0 fully saturated rings. The molecule has 0 aliphatic rings. The first-order valence-electron chi connectivity index (χ1n) is 2.58. The van der Waals surface area contributed by atoms with Crippen LogP contribution in [-0.4, -0.2) is 6.08 Å². The minimum atomic E-state index is 0.498. The highest BCUT2D eigenvalue weighted by molar-refractivity contribution is 9.10. The Labute approximate surface area is 66.7 Å². The van der Waals surface area contributed by atoms with Crippen molar-refractivity contribution in [1.29, 1.82) is 0 Å². The summed E-state index contributed by atoms with van der Waals surface area (Å²) in [5.74, 6) is 0. The fourth-order valence-corrected chi connectivity index (χ4v) is 0.763. The van der Waals surface area contributed by atoms with Gasteiger partial charge in [-0.15, -0.1) is 0 Å². The monoisotopic (exact) mass is 196 g/mol. The summed E-state index contributed by atoms with van der Waals surface area (Å²) in [6.07, 6.45) is 1.43. The predicted octanol–water partition coefficient (Wildman–Crippen LogP) is 2.22. The van der Waals surface area contributed by atoms with E-state index >= 15 is 0 Å². The van der Waals surface area contributed by atoms with Gasteiger partial charge in [-0.1, -0.05) is 15.9 Å². The van der Waals surface area contributed by atoms with Crippen molar-refractivity contribution in [1.82, 2.24) is 0 Å². The topological polar surface area (TPSA) is 29.4 Å². The van der Waals surface area contributed by atoms with Gasteiger partial charge in [0, 0.05) is 10.5 Å². The molecule has 0 saturated heterocycles. The molecule has 3 heteroatoms. The van der Waals surface area contributed by atoms with Crippen LogP contribution < -0.4 is 0 Å². The molecular formula is C7H3BrNO. The van der Waals surface area contributed by atoms with E-state index < -0.39 is 0 Å². The molecule has 0 spiro atoms. The fourth-order valence-electron chi connectivity index (χ4n) is 0.516. The number of aliphatic imine (C=N–C) groups is 1. The molecule has 1 aromatic carbocycles.